The van der Waals surface area contributed by atoms with E-state index in [1.165, 1.54) is 23.3 Å². The second kappa shape index (κ2) is 15.3. The highest BCUT2D eigenvalue weighted by atomic mass is 35.5. The van der Waals surface area contributed by atoms with E-state index in [9.17, 15) is 4.79 Å². The fraction of sp³-hybridized carbons (Fsp3) is 0.442. The Morgan fingerprint density at radius 1 is 1.02 bits per heavy atom. The van der Waals surface area contributed by atoms with Gasteiger partial charge in [0.2, 0.25) is 5.95 Å². The smallest absolute Gasteiger partial charge is 0.254 e. The molecule has 1 saturated heterocycles. The number of hydrogen-bond donors (Lipinski definition) is 1. The van der Waals surface area contributed by atoms with E-state index in [-0.39, 0.29) is 18.1 Å². The molecule has 0 bridgehead atoms. The van der Waals surface area contributed by atoms with Crippen LogP contribution in [-0.4, -0.2) is 66.6 Å². The molecule has 0 atom stereocenters. The molecule has 57 heavy (non-hydrogen) atoms. The summed E-state index contributed by atoms with van der Waals surface area (Å²) in [5.41, 5.74) is 6.88. The van der Waals surface area contributed by atoms with E-state index in [2.05, 4.69) is 67.0 Å². The van der Waals surface area contributed by atoms with Gasteiger partial charge in [-0.25, -0.2) is 9.97 Å². The van der Waals surface area contributed by atoms with Crippen molar-refractivity contribution in [1.82, 2.24) is 35.0 Å². The number of carbonyl (C=O) groups is 1. The van der Waals surface area contributed by atoms with Crippen LogP contribution in [0.3, 0.4) is 0 Å². The quantitative estimate of drug-likeness (QED) is 0.167. The Hall–Kier alpha value is -5.19. The number of nitriles is 1. The molecule has 0 radical (unpaired) electrons. The highest BCUT2D eigenvalue weighted by Crippen LogP contribution is 2.53. The summed E-state index contributed by atoms with van der Waals surface area (Å²) in [7, 11) is 0. The van der Waals surface area contributed by atoms with Crippen LogP contribution in [0.25, 0.3) is 5.00 Å². The largest absolute Gasteiger partial charge is 0.490 e. The normalized spacial score (nSPS) is 20.1. The lowest BCUT2D eigenvalue weighted by Crippen LogP contribution is -2.48. The van der Waals surface area contributed by atoms with Crippen LogP contribution in [-0.2, 0) is 13.0 Å². The number of nitrogens with one attached hydrogen (secondary N) is 1. The van der Waals surface area contributed by atoms with Crippen molar-refractivity contribution < 1.29 is 9.53 Å². The topological polar surface area (TPSA) is 147 Å². The average molecular weight is 801 g/mol. The highest BCUT2D eigenvalue weighted by molar-refractivity contribution is 7.15. The van der Waals surface area contributed by atoms with E-state index in [1.54, 1.807) is 41.9 Å². The Labute approximate surface area is 341 Å². The number of carbonyl (C=O) groups excluding carboxylic acids is 1. The van der Waals surface area contributed by atoms with Gasteiger partial charge in [-0.1, -0.05) is 11.6 Å². The number of rotatable bonds is 8. The zero-order valence-corrected chi connectivity index (χ0v) is 34.0. The summed E-state index contributed by atoms with van der Waals surface area (Å²) >= 11 is 7.94. The van der Waals surface area contributed by atoms with Gasteiger partial charge in [0.05, 0.1) is 28.0 Å². The van der Waals surface area contributed by atoms with E-state index in [1.807, 2.05) is 13.1 Å². The second-order valence-corrected chi connectivity index (χ2v) is 17.8. The molecular formula is C43H45ClN10O2S. The van der Waals surface area contributed by atoms with Gasteiger partial charge >= 0.3 is 0 Å². The van der Waals surface area contributed by atoms with Crippen LogP contribution >= 0.6 is 22.9 Å². The molecule has 3 fully saturated rings. The van der Waals surface area contributed by atoms with Gasteiger partial charge in [-0.15, -0.1) is 21.5 Å². The molecule has 2 aliphatic heterocycles. The van der Waals surface area contributed by atoms with Gasteiger partial charge in [0.1, 0.15) is 29.2 Å². The lowest BCUT2D eigenvalue weighted by molar-refractivity contribution is 0.0276. The molecule has 1 N–H and O–H groups in total. The summed E-state index contributed by atoms with van der Waals surface area (Å²) < 4.78 is 8.26. The Morgan fingerprint density at radius 2 is 1.79 bits per heavy atom. The number of thiophene rings is 1. The molecule has 5 aromatic rings. The van der Waals surface area contributed by atoms with Crippen LogP contribution in [0.2, 0.25) is 5.02 Å². The standard InChI is InChI=1S/C43H45ClN10O2S/c1-25-26(2)57-41-38(25)39(47-24-37-52-51-27(3)54(37)41)30-4-6-33(46-21-30)16-28-18-43(19-28)12-14-53(15-13-43)42-48-22-31(23-49-42)40(55)50-32-7-10-34(11-8-32)56-35-9-5-29(20-45)36(44)17-35/h4-6,9,17,21-23,28,32,34H,7-8,10-16,18-19,24H2,1-3H3,(H,50,55)/t32-,34-. The number of nitrogens with zero attached hydrogens (tertiary/aromatic N) is 9. The number of amides is 1. The van der Waals surface area contributed by atoms with E-state index >= 15 is 0 Å². The number of aromatic nitrogens is 6. The maximum atomic E-state index is 13.1. The maximum Gasteiger partial charge on any atom is 0.254 e. The summed E-state index contributed by atoms with van der Waals surface area (Å²) in [4.78, 5) is 35.8. The molecule has 6 heterocycles. The van der Waals surface area contributed by atoms with E-state index < -0.39 is 0 Å². The van der Waals surface area contributed by atoms with Gasteiger partial charge in [0.25, 0.3) is 5.91 Å². The van der Waals surface area contributed by atoms with E-state index in [0.717, 1.165) is 97.2 Å². The molecular weight excluding hydrogens is 756 g/mol. The summed E-state index contributed by atoms with van der Waals surface area (Å²) in [6.07, 6.45) is 14.3. The molecule has 1 amide bonds. The Balaban J connectivity index is 0.730. The molecule has 9 rings (SSSR count). The summed E-state index contributed by atoms with van der Waals surface area (Å²) in [6.45, 7) is 8.69. The lowest BCUT2D eigenvalue weighted by Gasteiger charge is -2.52. The Kier molecular flexibility index (Phi) is 10.0. The van der Waals surface area contributed by atoms with Gasteiger partial charge in [-0.3, -0.25) is 19.3 Å². The minimum absolute atomic E-state index is 0.0440. The van der Waals surface area contributed by atoms with Crippen molar-refractivity contribution in [2.24, 2.45) is 16.3 Å². The minimum atomic E-state index is -0.145. The summed E-state index contributed by atoms with van der Waals surface area (Å²) in [5, 5.41) is 22.5. The SMILES string of the molecule is Cc1sc2c(c1C)C(c1ccc(CC3CC4(CCN(c5ncc(C(=O)N[C@H]6CC[C@H](Oc7ccc(C#N)c(Cl)c7)CC6)cn5)CC4)C3)nc1)=NCc1nnc(C)n1-2. The first-order chi connectivity index (χ1) is 27.6. The maximum absolute atomic E-state index is 13.1. The first kappa shape index (κ1) is 37.4. The number of anilines is 1. The molecule has 12 nitrogen and oxygen atoms in total. The number of hydrogen-bond acceptors (Lipinski definition) is 11. The third-order valence-electron chi connectivity index (χ3n) is 12.5. The van der Waals surface area contributed by atoms with Crippen molar-refractivity contribution in [2.45, 2.75) is 97.2 Å². The molecule has 2 aliphatic carbocycles. The molecule has 2 saturated carbocycles. The Morgan fingerprint density at radius 3 is 2.49 bits per heavy atom. The Bertz CT molecular complexity index is 2380. The highest BCUT2D eigenvalue weighted by Gasteiger charge is 2.46. The first-order valence-electron chi connectivity index (χ1n) is 19.9. The predicted molar refractivity (Wildman–Crippen MR) is 220 cm³/mol. The number of benzene rings is 1. The van der Waals surface area contributed by atoms with Crippen molar-refractivity contribution in [3.63, 3.8) is 0 Å². The van der Waals surface area contributed by atoms with Gasteiger partial charge < -0.3 is 15.0 Å². The number of ether oxygens (including phenoxy) is 1. The fourth-order valence-corrected chi connectivity index (χ4v) is 10.6. The monoisotopic (exact) mass is 800 g/mol. The zero-order chi connectivity index (χ0) is 39.3. The number of fused-ring (bicyclic) bond motifs is 3. The van der Waals surface area contributed by atoms with Crippen LogP contribution in [0.4, 0.5) is 5.95 Å². The van der Waals surface area contributed by atoms with Gasteiger partial charge in [0, 0.05) is 65.5 Å². The molecule has 14 heteroatoms. The third kappa shape index (κ3) is 7.41. The second-order valence-electron chi connectivity index (χ2n) is 16.2. The first-order valence-corrected chi connectivity index (χ1v) is 21.1. The van der Waals surface area contributed by atoms with Crippen molar-refractivity contribution in [3.05, 3.63) is 104 Å². The molecule has 292 valence electrons. The van der Waals surface area contributed by atoms with Crippen LogP contribution < -0.4 is 15.0 Å². The van der Waals surface area contributed by atoms with Crippen molar-refractivity contribution in [3.8, 4) is 16.8 Å². The van der Waals surface area contributed by atoms with Gasteiger partial charge in [-0.05, 0) is 120 Å². The van der Waals surface area contributed by atoms with Crippen molar-refractivity contribution in [2.75, 3.05) is 18.0 Å². The minimum Gasteiger partial charge on any atom is -0.490 e. The van der Waals surface area contributed by atoms with E-state index in [0.29, 0.717) is 45.7 Å². The number of halogens is 1. The average Bonchev–Trinajstić information content (AvgIpc) is 3.66. The molecule has 0 unspecified atom stereocenters. The predicted octanol–water partition coefficient (Wildman–Crippen LogP) is 7.67. The van der Waals surface area contributed by atoms with Crippen LogP contribution in [0, 0.1) is 43.4 Å². The van der Waals surface area contributed by atoms with Crippen molar-refractivity contribution in [1.29, 1.82) is 5.26 Å². The summed E-state index contributed by atoms with van der Waals surface area (Å²) in [5.74, 6) is 3.61. The fourth-order valence-electron chi connectivity index (χ4n) is 9.21. The third-order valence-corrected chi connectivity index (χ3v) is 14.0. The molecule has 4 aromatic heterocycles. The van der Waals surface area contributed by atoms with Gasteiger partial charge in [0.15, 0.2) is 5.82 Å². The number of pyridine rings is 1. The van der Waals surface area contributed by atoms with Gasteiger partial charge in [-0.2, -0.15) is 5.26 Å². The molecule has 1 aromatic carbocycles. The van der Waals surface area contributed by atoms with E-state index in [4.69, 9.17) is 31.6 Å². The zero-order valence-electron chi connectivity index (χ0n) is 32.5. The number of aryl methyl sites for hydroxylation is 2. The van der Waals surface area contributed by atoms with Crippen LogP contribution in [0.1, 0.15) is 106 Å². The van der Waals surface area contributed by atoms with Crippen LogP contribution in [0.15, 0.2) is 53.9 Å². The number of piperidine rings is 1. The van der Waals surface area contributed by atoms with Crippen molar-refractivity contribution >= 4 is 40.5 Å². The molecule has 1 spiro atoms. The summed E-state index contributed by atoms with van der Waals surface area (Å²) in [6, 6.07) is 11.7. The molecule has 4 aliphatic rings. The van der Waals surface area contributed by atoms with Crippen LogP contribution in [0.5, 0.6) is 5.75 Å². The number of aliphatic imine (C=N–C) groups is 1. The lowest BCUT2D eigenvalue weighted by atomic mass is 9.56.